The molecular formula is C25H37N3O6S. The fourth-order valence-corrected chi connectivity index (χ4v) is 4.17. The van der Waals surface area contributed by atoms with Crippen LogP contribution in [0.1, 0.15) is 56.8 Å². The third-order valence-corrected chi connectivity index (χ3v) is 5.94. The van der Waals surface area contributed by atoms with E-state index < -0.39 is 41.6 Å². The van der Waals surface area contributed by atoms with Crippen LogP contribution in [0.3, 0.4) is 0 Å². The van der Waals surface area contributed by atoms with Crippen molar-refractivity contribution in [2.24, 2.45) is 5.92 Å². The predicted octanol–water partition coefficient (Wildman–Crippen LogP) is 2.69. The molecule has 1 aromatic carbocycles. The maximum Gasteiger partial charge on any atom is 0.408 e. The highest BCUT2D eigenvalue weighted by molar-refractivity contribution is 7.80. The Bertz CT molecular complexity index is 941. The van der Waals surface area contributed by atoms with Crippen molar-refractivity contribution in [3.8, 4) is 0 Å². The number of nitrogens with one attached hydrogen (secondary N) is 2. The van der Waals surface area contributed by atoms with Gasteiger partial charge in [0, 0.05) is 11.8 Å². The van der Waals surface area contributed by atoms with Gasteiger partial charge in [0.25, 0.3) is 0 Å². The number of rotatable bonds is 9. The lowest BCUT2D eigenvalue weighted by molar-refractivity contribution is -0.145. The molecule has 2 N–H and O–H groups in total. The number of thiol groups is 1. The van der Waals surface area contributed by atoms with Crippen LogP contribution in [0.15, 0.2) is 18.2 Å². The van der Waals surface area contributed by atoms with Crippen molar-refractivity contribution in [2.45, 2.75) is 71.7 Å². The number of nitrogens with zero attached hydrogens (tertiary/aromatic N) is 1. The van der Waals surface area contributed by atoms with E-state index in [4.69, 9.17) is 4.74 Å². The average Bonchev–Trinajstić information content (AvgIpc) is 3.46. The first-order valence-corrected chi connectivity index (χ1v) is 12.3. The van der Waals surface area contributed by atoms with Crippen LogP contribution in [-0.2, 0) is 23.9 Å². The zero-order valence-corrected chi connectivity index (χ0v) is 22.4. The van der Waals surface area contributed by atoms with Crippen LogP contribution in [0.5, 0.6) is 0 Å². The zero-order chi connectivity index (χ0) is 26.5. The van der Waals surface area contributed by atoms with Crippen molar-refractivity contribution in [1.29, 1.82) is 0 Å². The molecule has 1 aliphatic rings. The molecule has 4 unspecified atom stereocenters. The first-order chi connectivity index (χ1) is 16.3. The number of methoxy groups -OCH3 is 1. The highest BCUT2D eigenvalue weighted by Gasteiger charge is 2.48. The Hall–Kier alpha value is -2.75. The third kappa shape index (κ3) is 8.16. The molecule has 9 nitrogen and oxygen atoms in total. The molecule has 2 rings (SSSR count). The van der Waals surface area contributed by atoms with Crippen molar-refractivity contribution in [1.82, 2.24) is 15.5 Å². The first-order valence-electron chi connectivity index (χ1n) is 11.6. The maximum atomic E-state index is 13.8. The highest BCUT2D eigenvalue weighted by atomic mass is 32.1. The molecule has 0 saturated heterocycles. The number of amides is 3. The second-order valence-electron chi connectivity index (χ2n) is 10.0. The summed E-state index contributed by atoms with van der Waals surface area (Å²) < 4.78 is 9.96. The minimum Gasteiger partial charge on any atom is -0.468 e. The van der Waals surface area contributed by atoms with E-state index in [1.54, 1.807) is 20.8 Å². The largest absolute Gasteiger partial charge is 0.468 e. The lowest BCUT2D eigenvalue weighted by Gasteiger charge is -2.35. The van der Waals surface area contributed by atoms with Gasteiger partial charge in [0.1, 0.15) is 24.2 Å². The molecule has 1 aromatic rings. The molecule has 1 saturated carbocycles. The van der Waals surface area contributed by atoms with Gasteiger partial charge in [-0.15, -0.1) is 0 Å². The summed E-state index contributed by atoms with van der Waals surface area (Å²) in [6.45, 7) is 10.7. The van der Waals surface area contributed by atoms with Gasteiger partial charge in [0.2, 0.25) is 11.8 Å². The van der Waals surface area contributed by atoms with E-state index >= 15 is 0 Å². The minimum absolute atomic E-state index is 0.0129. The number of carbonyl (C=O) groups excluding carboxylic acids is 4. The number of alkyl carbamates (subject to hydrolysis) is 1. The Kier molecular flexibility index (Phi) is 9.60. The SMILES string of the molecule is COC(=O)CNC(=O)C(c1cc(C)cc(C)c1)N(C(=O)C(CS)NC(=O)OC(C)(C)C)C1CC1C. The van der Waals surface area contributed by atoms with Crippen molar-refractivity contribution in [2.75, 3.05) is 19.4 Å². The van der Waals surface area contributed by atoms with Crippen LogP contribution in [0.4, 0.5) is 4.79 Å². The predicted molar refractivity (Wildman–Crippen MR) is 135 cm³/mol. The molecule has 0 radical (unpaired) electrons. The van der Waals surface area contributed by atoms with E-state index in [1.165, 1.54) is 12.0 Å². The highest BCUT2D eigenvalue weighted by Crippen LogP contribution is 2.41. The van der Waals surface area contributed by atoms with Gasteiger partial charge in [-0.2, -0.15) is 12.6 Å². The smallest absolute Gasteiger partial charge is 0.408 e. The Morgan fingerprint density at radius 1 is 1.14 bits per heavy atom. The molecule has 35 heavy (non-hydrogen) atoms. The number of ether oxygens (including phenoxy) is 2. The molecule has 0 bridgehead atoms. The molecule has 10 heteroatoms. The quantitative estimate of drug-likeness (QED) is 0.350. The summed E-state index contributed by atoms with van der Waals surface area (Å²) in [7, 11) is 1.23. The van der Waals surface area contributed by atoms with E-state index in [2.05, 4.69) is 28.0 Å². The van der Waals surface area contributed by atoms with Crippen LogP contribution in [0.25, 0.3) is 0 Å². The first kappa shape index (κ1) is 28.5. The molecule has 3 amide bonds. The van der Waals surface area contributed by atoms with Gasteiger partial charge in [-0.3, -0.25) is 14.4 Å². The second-order valence-corrected chi connectivity index (χ2v) is 10.4. The minimum atomic E-state index is -1.01. The number of benzene rings is 1. The van der Waals surface area contributed by atoms with Gasteiger partial charge < -0.3 is 25.0 Å². The van der Waals surface area contributed by atoms with Gasteiger partial charge in [0.15, 0.2) is 0 Å². The van der Waals surface area contributed by atoms with Crippen molar-refractivity contribution in [3.05, 3.63) is 34.9 Å². The van der Waals surface area contributed by atoms with Crippen LogP contribution >= 0.6 is 12.6 Å². The molecule has 194 valence electrons. The Morgan fingerprint density at radius 3 is 2.17 bits per heavy atom. The van der Waals surface area contributed by atoms with E-state index in [0.29, 0.717) is 12.0 Å². The maximum absolute atomic E-state index is 13.8. The molecule has 1 aliphatic carbocycles. The van der Waals surface area contributed by atoms with Gasteiger partial charge in [0.05, 0.1) is 7.11 Å². The van der Waals surface area contributed by atoms with Crippen molar-refractivity contribution >= 4 is 36.5 Å². The number of esters is 1. The van der Waals surface area contributed by atoms with Crippen LogP contribution in [0, 0.1) is 19.8 Å². The average molecular weight is 508 g/mol. The van der Waals surface area contributed by atoms with Gasteiger partial charge >= 0.3 is 12.1 Å². The number of hydrogen-bond donors (Lipinski definition) is 3. The molecule has 0 aromatic heterocycles. The number of aryl methyl sites for hydroxylation is 2. The molecule has 0 aliphatic heterocycles. The summed E-state index contributed by atoms with van der Waals surface area (Å²) in [5, 5.41) is 5.19. The number of carbonyl (C=O) groups is 4. The molecule has 4 atom stereocenters. The summed E-state index contributed by atoms with van der Waals surface area (Å²) in [5.74, 6) is -1.38. The fraction of sp³-hybridized carbons (Fsp3) is 0.600. The van der Waals surface area contributed by atoms with E-state index in [1.807, 2.05) is 39.0 Å². The topological polar surface area (TPSA) is 114 Å². The molecule has 0 heterocycles. The van der Waals surface area contributed by atoms with E-state index in [-0.39, 0.29) is 24.3 Å². The van der Waals surface area contributed by atoms with Crippen LogP contribution in [-0.4, -0.2) is 65.9 Å². The van der Waals surface area contributed by atoms with Gasteiger partial charge in [-0.05, 0) is 52.5 Å². The standard InChI is InChI=1S/C25H37N3O6S/c1-14-8-15(2)10-17(9-14)21(22(30)26-12-20(29)33-7)28(19-11-16(19)3)23(31)18(13-35)27-24(32)34-25(4,5)6/h8-10,16,18-19,21,35H,11-13H2,1-7H3,(H,26,30)(H,27,32). The van der Waals surface area contributed by atoms with Crippen molar-refractivity contribution in [3.63, 3.8) is 0 Å². The number of hydrogen-bond acceptors (Lipinski definition) is 7. The second kappa shape index (κ2) is 11.8. The fourth-order valence-electron chi connectivity index (χ4n) is 3.92. The lowest BCUT2D eigenvalue weighted by atomic mass is 9.98. The Balaban J connectivity index is 2.46. The summed E-state index contributed by atoms with van der Waals surface area (Å²) >= 11 is 4.29. The summed E-state index contributed by atoms with van der Waals surface area (Å²) in [4.78, 5) is 52.9. The van der Waals surface area contributed by atoms with Gasteiger partial charge in [-0.25, -0.2) is 4.79 Å². The normalized spacial score (nSPS) is 18.6. The molecule has 0 spiro atoms. The Labute approximate surface area is 212 Å². The van der Waals surface area contributed by atoms with Crippen molar-refractivity contribution < 1.29 is 28.7 Å². The molecule has 1 fully saturated rings. The van der Waals surface area contributed by atoms with Gasteiger partial charge in [-0.1, -0.05) is 36.2 Å². The Morgan fingerprint density at radius 2 is 1.71 bits per heavy atom. The van der Waals surface area contributed by atoms with E-state index in [0.717, 1.165) is 11.1 Å². The zero-order valence-electron chi connectivity index (χ0n) is 21.5. The van der Waals surface area contributed by atoms with Crippen LogP contribution < -0.4 is 10.6 Å². The summed E-state index contributed by atoms with van der Waals surface area (Å²) in [6, 6.07) is 3.44. The monoisotopic (exact) mass is 507 g/mol. The summed E-state index contributed by atoms with van der Waals surface area (Å²) in [5.41, 5.74) is 1.74. The summed E-state index contributed by atoms with van der Waals surface area (Å²) in [6.07, 6.45) is -0.0324. The van der Waals surface area contributed by atoms with E-state index in [9.17, 15) is 19.2 Å². The van der Waals surface area contributed by atoms with Crippen LogP contribution in [0.2, 0.25) is 0 Å². The molecular weight excluding hydrogens is 470 g/mol. The lowest BCUT2D eigenvalue weighted by Crippen LogP contribution is -2.55. The third-order valence-electron chi connectivity index (χ3n) is 5.57.